The Morgan fingerprint density at radius 1 is 1.65 bits per heavy atom. The standard InChI is InChI=1S/C10H19N5O2/c1-10(2,3)17-9(16)15-5-4-12-8(7-15)6-13-14-11/h8,12H,4-7H2,1-3H3. The van der Waals surface area contributed by atoms with Crippen molar-refractivity contribution >= 4 is 6.09 Å². The molecule has 1 atom stereocenters. The van der Waals surface area contributed by atoms with Gasteiger partial charge in [-0.15, -0.1) is 0 Å². The van der Waals surface area contributed by atoms with Crippen LogP contribution in [0.15, 0.2) is 5.11 Å². The third-order valence-electron chi connectivity index (χ3n) is 2.27. The van der Waals surface area contributed by atoms with Crippen LogP contribution >= 0.6 is 0 Å². The molecule has 1 saturated heterocycles. The molecule has 1 heterocycles. The molecule has 1 fully saturated rings. The smallest absolute Gasteiger partial charge is 0.410 e. The zero-order chi connectivity index (χ0) is 12.9. The zero-order valence-electron chi connectivity index (χ0n) is 10.5. The van der Waals surface area contributed by atoms with Crippen LogP contribution in [-0.2, 0) is 4.74 Å². The fourth-order valence-electron chi connectivity index (χ4n) is 1.58. The fourth-order valence-corrected chi connectivity index (χ4v) is 1.58. The van der Waals surface area contributed by atoms with Crippen LogP contribution < -0.4 is 5.32 Å². The molecule has 0 bridgehead atoms. The predicted molar refractivity (Wildman–Crippen MR) is 63.6 cm³/mol. The van der Waals surface area contributed by atoms with Crippen molar-refractivity contribution in [2.45, 2.75) is 32.4 Å². The number of nitrogens with zero attached hydrogens (tertiary/aromatic N) is 4. The van der Waals surface area contributed by atoms with E-state index in [1.54, 1.807) is 4.90 Å². The molecule has 1 amide bonds. The molecule has 0 saturated carbocycles. The number of carbonyl (C=O) groups excluding carboxylic acids is 1. The summed E-state index contributed by atoms with van der Waals surface area (Å²) in [6, 6.07) is 0.00664. The summed E-state index contributed by atoms with van der Waals surface area (Å²) >= 11 is 0. The summed E-state index contributed by atoms with van der Waals surface area (Å²) in [6.45, 7) is 7.66. The molecule has 17 heavy (non-hydrogen) atoms. The SMILES string of the molecule is CC(C)(C)OC(=O)N1CCNC(CN=[N+]=[N-])C1. The summed E-state index contributed by atoms with van der Waals surface area (Å²) in [5, 5.41) is 6.69. The molecule has 0 aromatic heterocycles. The normalized spacial score (nSPS) is 20.6. The van der Waals surface area contributed by atoms with Crippen molar-refractivity contribution in [3.8, 4) is 0 Å². The molecule has 1 aliphatic heterocycles. The van der Waals surface area contributed by atoms with Gasteiger partial charge in [-0.05, 0) is 26.3 Å². The van der Waals surface area contributed by atoms with Gasteiger partial charge >= 0.3 is 6.09 Å². The molecule has 0 aliphatic carbocycles. The maximum Gasteiger partial charge on any atom is 0.410 e. The van der Waals surface area contributed by atoms with Crippen LogP contribution in [0, 0.1) is 0 Å². The van der Waals surface area contributed by atoms with Gasteiger partial charge in [-0.25, -0.2) is 4.79 Å². The Balaban J connectivity index is 2.48. The first-order valence-corrected chi connectivity index (χ1v) is 5.64. The highest BCUT2D eigenvalue weighted by atomic mass is 16.6. The van der Waals surface area contributed by atoms with Gasteiger partial charge in [-0.1, -0.05) is 5.11 Å². The highest BCUT2D eigenvalue weighted by Crippen LogP contribution is 2.11. The molecule has 1 N–H and O–H groups in total. The van der Waals surface area contributed by atoms with Crippen molar-refractivity contribution in [3.05, 3.63) is 10.4 Å². The van der Waals surface area contributed by atoms with E-state index in [0.29, 0.717) is 26.2 Å². The average Bonchev–Trinajstić information content (AvgIpc) is 2.24. The molecule has 1 unspecified atom stereocenters. The van der Waals surface area contributed by atoms with E-state index in [9.17, 15) is 4.79 Å². The molecule has 0 aromatic carbocycles. The maximum atomic E-state index is 11.8. The van der Waals surface area contributed by atoms with Crippen LogP contribution in [-0.4, -0.2) is 48.8 Å². The molecule has 0 radical (unpaired) electrons. The number of carbonyl (C=O) groups is 1. The van der Waals surface area contributed by atoms with Gasteiger partial charge in [0.2, 0.25) is 0 Å². The summed E-state index contributed by atoms with van der Waals surface area (Å²) in [5.41, 5.74) is 7.77. The van der Waals surface area contributed by atoms with Crippen LogP contribution in [0.3, 0.4) is 0 Å². The van der Waals surface area contributed by atoms with Gasteiger partial charge in [0, 0.05) is 37.1 Å². The van der Waals surface area contributed by atoms with Crippen LogP contribution in [0.1, 0.15) is 20.8 Å². The van der Waals surface area contributed by atoms with E-state index in [-0.39, 0.29) is 12.1 Å². The second-order valence-electron chi connectivity index (χ2n) is 4.99. The lowest BCUT2D eigenvalue weighted by Gasteiger charge is -2.34. The first kappa shape index (κ1) is 13.6. The molecule has 1 aliphatic rings. The number of azide groups is 1. The fraction of sp³-hybridized carbons (Fsp3) is 0.900. The third kappa shape index (κ3) is 4.93. The summed E-state index contributed by atoms with van der Waals surface area (Å²) in [5.74, 6) is 0. The van der Waals surface area contributed by atoms with Gasteiger partial charge in [-0.3, -0.25) is 0 Å². The summed E-state index contributed by atoms with van der Waals surface area (Å²) in [7, 11) is 0. The quantitative estimate of drug-likeness (QED) is 0.451. The molecular weight excluding hydrogens is 222 g/mol. The largest absolute Gasteiger partial charge is 0.444 e. The van der Waals surface area contributed by atoms with E-state index in [1.807, 2.05) is 20.8 Å². The van der Waals surface area contributed by atoms with Gasteiger partial charge in [0.05, 0.1) is 0 Å². The van der Waals surface area contributed by atoms with Gasteiger partial charge in [0.15, 0.2) is 0 Å². The monoisotopic (exact) mass is 241 g/mol. The highest BCUT2D eigenvalue weighted by Gasteiger charge is 2.26. The van der Waals surface area contributed by atoms with Crippen LogP contribution in [0.2, 0.25) is 0 Å². The van der Waals surface area contributed by atoms with Gasteiger partial charge < -0.3 is 15.0 Å². The Morgan fingerprint density at radius 2 is 2.35 bits per heavy atom. The van der Waals surface area contributed by atoms with Gasteiger partial charge in [0.25, 0.3) is 0 Å². The second kappa shape index (κ2) is 5.75. The van der Waals surface area contributed by atoms with Crippen molar-refractivity contribution in [1.29, 1.82) is 0 Å². The number of ether oxygens (including phenoxy) is 1. The molecular formula is C10H19N5O2. The van der Waals surface area contributed by atoms with Crippen LogP contribution in [0.4, 0.5) is 4.79 Å². The van der Waals surface area contributed by atoms with E-state index in [4.69, 9.17) is 10.3 Å². The Kier molecular flexibility index (Phi) is 4.60. The molecule has 1 rings (SSSR count). The zero-order valence-corrected chi connectivity index (χ0v) is 10.5. The lowest BCUT2D eigenvalue weighted by molar-refractivity contribution is 0.0198. The number of nitrogens with one attached hydrogen (secondary N) is 1. The first-order chi connectivity index (χ1) is 7.92. The number of hydrogen-bond acceptors (Lipinski definition) is 4. The Hall–Kier alpha value is -1.46. The average molecular weight is 241 g/mol. The van der Waals surface area contributed by atoms with E-state index < -0.39 is 5.60 Å². The molecule has 7 heteroatoms. The minimum absolute atomic E-state index is 0.00664. The molecule has 96 valence electrons. The summed E-state index contributed by atoms with van der Waals surface area (Å²) in [4.78, 5) is 16.2. The number of hydrogen-bond donors (Lipinski definition) is 1. The van der Waals surface area contributed by atoms with E-state index >= 15 is 0 Å². The van der Waals surface area contributed by atoms with Crippen molar-refractivity contribution in [3.63, 3.8) is 0 Å². The minimum atomic E-state index is -0.484. The second-order valence-corrected chi connectivity index (χ2v) is 4.99. The highest BCUT2D eigenvalue weighted by molar-refractivity contribution is 5.68. The van der Waals surface area contributed by atoms with Crippen molar-refractivity contribution in [2.24, 2.45) is 5.11 Å². The number of amides is 1. The van der Waals surface area contributed by atoms with Gasteiger partial charge in [-0.2, -0.15) is 0 Å². The van der Waals surface area contributed by atoms with Crippen molar-refractivity contribution < 1.29 is 9.53 Å². The molecule has 7 nitrogen and oxygen atoms in total. The molecule has 0 spiro atoms. The van der Waals surface area contributed by atoms with E-state index in [2.05, 4.69) is 15.3 Å². The predicted octanol–water partition coefficient (Wildman–Crippen LogP) is 1.51. The Morgan fingerprint density at radius 3 is 2.94 bits per heavy atom. The van der Waals surface area contributed by atoms with Crippen molar-refractivity contribution in [1.82, 2.24) is 10.2 Å². The summed E-state index contributed by atoms with van der Waals surface area (Å²) < 4.78 is 5.29. The third-order valence-corrected chi connectivity index (χ3v) is 2.27. The lowest BCUT2D eigenvalue weighted by atomic mass is 10.2. The van der Waals surface area contributed by atoms with Crippen LogP contribution in [0.5, 0.6) is 0 Å². The Labute approximate surface area is 101 Å². The van der Waals surface area contributed by atoms with E-state index in [0.717, 1.165) is 0 Å². The maximum absolute atomic E-state index is 11.8. The summed E-state index contributed by atoms with van der Waals surface area (Å²) in [6.07, 6.45) is -0.315. The molecule has 0 aromatic rings. The lowest BCUT2D eigenvalue weighted by Crippen LogP contribution is -2.54. The number of rotatable bonds is 2. The minimum Gasteiger partial charge on any atom is -0.444 e. The van der Waals surface area contributed by atoms with E-state index in [1.165, 1.54) is 0 Å². The van der Waals surface area contributed by atoms with Crippen LogP contribution in [0.25, 0.3) is 10.4 Å². The first-order valence-electron chi connectivity index (χ1n) is 5.64. The number of piperazine rings is 1. The Bertz CT molecular complexity index is 319. The topological polar surface area (TPSA) is 90.3 Å². The van der Waals surface area contributed by atoms with Gasteiger partial charge in [0.1, 0.15) is 5.60 Å². The van der Waals surface area contributed by atoms with Crippen molar-refractivity contribution in [2.75, 3.05) is 26.2 Å².